The fraction of sp³-hybridized carbons (Fsp3) is 0.346. The second kappa shape index (κ2) is 11.2. The predicted molar refractivity (Wildman–Crippen MR) is 138 cm³/mol. The highest BCUT2D eigenvalue weighted by atomic mass is 79.9. The largest absolute Gasteiger partial charge is 0.497 e. The van der Waals surface area contributed by atoms with Crippen molar-refractivity contribution in [2.45, 2.75) is 44.1 Å². The van der Waals surface area contributed by atoms with Crippen LogP contribution in [0.2, 0.25) is 0 Å². The Hall–Kier alpha value is -3.38. The zero-order valence-electron chi connectivity index (χ0n) is 20.8. The molecule has 0 saturated carbocycles. The van der Waals surface area contributed by atoms with Gasteiger partial charge in [0.2, 0.25) is 0 Å². The van der Waals surface area contributed by atoms with Gasteiger partial charge in [0.25, 0.3) is 0 Å². The van der Waals surface area contributed by atoms with Crippen LogP contribution in [0.1, 0.15) is 54.4 Å². The van der Waals surface area contributed by atoms with E-state index in [1.807, 2.05) is 6.92 Å². The molecule has 3 aromatic rings. The van der Waals surface area contributed by atoms with E-state index in [0.717, 1.165) is 17.0 Å². The smallest absolute Gasteiger partial charge is 0.416 e. The van der Waals surface area contributed by atoms with Crippen LogP contribution in [0.5, 0.6) is 11.5 Å². The van der Waals surface area contributed by atoms with Gasteiger partial charge in [0.15, 0.2) is 0 Å². The quantitative estimate of drug-likeness (QED) is 0.328. The van der Waals surface area contributed by atoms with Crippen LogP contribution in [0.25, 0.3) is 0 Å². The number of alkyl halides is 3. The van der Waals surface area contributed by atoms with Gasteiger partial charge in [-0.25, -0.2) is 14.8 Å². The van der Waals surface area contributed by atoms with Crippen molar-refractivity contribution < 1.29 is 32.5 Å². The number of fused-ring (bicyclic) bond motifs is 1. The molecule has 1 aliphatic rings. The number of nitrogens with one attached hydrogen (secondary N) is 1. The number of nitrogens with zero attached hydrogens (tertiary/aromatic N) is 3. The molecule has 0 bridgehead atoms. The molecule has 0 fully saturated rings. The minimum Gasteiger partial charge on any atom is -0.497 e. The summed E-state index contributed by atoms with van der Waals surface area (Å²) in [5.41, 5.74) is 0.234. The molecule has 202 valence electrons. The van der Waals surface area contributed by atoms with E-state index in [9.17, 15) is 23.1 Å². The molecule has 1 aromatic heterocycles. The van der Waals surface area contributed by atoms with Crippen LogP contribution in [0.15, 0.2) is 53.3 Å². The van der Waals surface area contributed by atoms with Gasteiger partial charge in [-0.3, -0.25) is 10.2 Å². The first-order valence-corrected chi connectivity index (χ1v) is 12.5. The maximum atomic E-state index is 13.7. The number of hydrogen-bond donors (Lipinski definition) is 2. The molecule has 0 saturated heterocycles. The summed E-state index contributed by atoms with van der Waals surface area (Å²) in [5, 5.41) is 13.3. The van der Waals surface area contributed by atoms with Crippen molar-refractivity contribution >= 4 is 27.7 Å². The summed E-state index contributed by atoms with van der Waals surface area (Å²) in [5.74, 6) is 1.39. The van der Waals surface area contributed by atoms with Gasteiger partial charge in [0.1, 0.15) is 17.3 Å². The van der Waals surface area contributed by atoms with Crippen molar-refractivity contribution in [3.05, 3.63) is 75.8 Å². The number of rotatable bonds is 7. The standard InChI is InChI=1S/C26H26BrF3N4O4/c1-4-17-10-21(20-9-15(26(28,29)30)5-6-22(20)34(17)25(35)36)33-23(24-31-12-16(27)13-32-24)14-7-18(37-2)11-19(8-14)38-3/h5-9,11-13,17,21,23,33H,4,10H2,1-3H3,(H,35,36)/t17-,21+,23?/m1/s1. The van der Waals surface area contributed by atoms with Gasteiger partial charge < -0.3 is 14.6 Å². The number of hydrogen-bond acceptors (Lipinski definition) is 6. The Morgan fingerprint density at radius 2 is 1.79 bits per heavy atom. The first-order chi connectivity index (χ1) is 18.0. The number of aromatic nitrogens is 2. The minimum atomic E-state index is -4.59. The topological polar surface area (TPSA) is 96.8 Å². The van der Waals surface area contributed by atoms with E-state index in [1.54, 1.807) is 30.6 Å². The summed E-state index contributed by atoms with van der Waals surface area (Å²) >= 11 is 3.33. The van der Waals surface area contributed by atoms with E-state index in [-0.39, 0.29) is 17.7 Å². The third-order valence-electron chi connectivity index (χ3n) is 6.51. The van der Waals surface area contributed by atoms with Crippen molar-refractivity contribution in [1.29, 1.82) is 0 Å². The van der Waals surface area contributed by atoms with Gasteiger partial charge in [-0.05, 0) is 70.2 Å². The monoisotopic (exact) mass is 594 g/mol. The van der Waals surface area contributed by atoms with E-state index in [2.05, 4.69) is 31.2 Å². The zero-order chi connectivity index (χ0) is 27.6. The van der Waals surface area contributed by atoms with Gasteiger partial charge in [0.05, 0.1) is 36.0 Å². The molecule has 0 radical (unpaired) electrons. The number of halogens is 4. The third-order valence-corrected chi connectivity index (χ3v) is 6.92. The van der Waals surface area contributed by atoms with E-state index in [4.69, 9.17) is 9.47 Å². The summed E-state index contributed by atoms with van der Waals surface area (Å²) in [4.78, 5) is 22.2. The van der Waals surface area contributed by atoms with Gasteiger partial charge in [0, 0.05) is 30.5 Å². The number of methoxy groups -OCH3 is 2. The SMILES string of the molecule is CC[C@@H]1C[C@H](NC(c2cc(OC)cc(OC)c2)c2ncc(Br)cn2)c2cc(C(F)(F)F)ccc2N1C(=O)O. The molecule has 0 aliphatic carbocycles. The Morgan fingerprint density at radius 1 is 1.16 bits per heavy atom. The fourth-order valence-corrected chi connectivity index (χ4v) is 4.89. The molecule has 12 heteroatoms. The average molecular weight is 595 g/mol. The van der Waals surface area contributed by atoms with Crippen LogP contribution >= 0.6 is 15.9 Å². The van der Waals surface area contributed by atoms with Crippen LogP contribution in [-0.4, -0.2) is 41.4 Å². The molecular weight excluding hydrogens is 569 g/mol. The number of carboxylic acid groups (broad SMARTS) is 1. The Labute approximate surface area is 225 Å². The third kappa shape index (κ3) is 5.70. The molecule has 2 N–H and O–H groups in total. The molecule has 3 atom stereocenters. The molecule has 8 nitrogen and oxygen atoms in total. The lowest BCUT2D eigenvalue weighted by molar-refractivity contribution is -0.137. The van der Waals surface area contributed by atoms with Crippen molar-refractivity contribution in [2.24, 2.45) is 0 Å². The summed E-state index contributed by atoms with van der Waals surface area (Å²) < 4.78 is 52.5. The Balaban J connectivity index is 1.87. The molecule has 2 aromatic carbocycles. The number of amides is 1. The highest BCUT2D eigenvalue weighted by Gasteiger charge is 2.39. The molecule has 0 spiro atoms. The molecular formula is C26H26BrF3N4O4. The van der Waals surface area contributed by atoms with E-state index < -0.39 is 36.0 Å². The maximum Gasteiger partial charge on any atom is 0.416 e. The summed E-state index contributed by atoms with van der Waals surface area (Å²) in [6.07, 6.45) is -1.95. The summed E-state index contributed by atoms with van der Waals surface area (Å²) in [7, 11) is 3.03. The lowest BCUT2D eigenvalue weighted by Gasteiger charge is -2.40. The second-order valence-corrected chi connectivity index (χ2v) is 9.70. The fourth-order valence-electron chi connectivity index (χ4n) is 4.69. The van der Waals surface area contributed by atoms with Crippen LogP contribution < -0.4 is 19.7 Å². The van der Waals surface area contributed by atoms with Crippen LogP contribution in [0, 0.1) is 0 Å². The molecule has 2 heterocycles. The predicted octanol–water partition coefficient (Wildman–Crippen LogP) is 6.36. The number of carbonyl (C=O) groups is 1. The zero-order valence-corrected chi connectivity index (χ0v) is 22.4. The van der Waals surface area contributed by atoms with Crippen LogP contribution in [-0.2, 0) is 6.18 Å². The normalized spacial score (nSPS) is 18.0. The lowest BCUT2D eigenvalue weighted by atomic mass is 9.87. The van der Waals surface area contributed by atoms with E-state index >= 15 is 0 Å². The highest BCUT2D eigenvalue weighted by molar-refractivity contribution is 9.10. The molecule has 38 heavy (non-hydrogen) atoms. The van der Waals surface area contributed by atoms with Crippen molar-refractivity contribution in [1.82, 2.24) is 15.3 Å². The first-order valence-electron chi connectivity index (χ1n) is 11.8. The summed E-state index contributed by atoms with van der Waals surface area (Å²) in [6, 6.07) is 6.59. The number of anilines is 1. The van der Waals surface area contributed by atoms with Gasteiger partial charge in [-0.2, -0.15) is 13.2 Å². The summed E-state index contributed by atoms with van der Waals surface area (Å²) in [6.45, 7) is 1.84. The number of benzene rings is 2. The van der Waals surface area contributed by atoms with Crippen molar-refractivity contribution in [3.63, 3.8) is 0 Å². The van der Waals surface area contributed by atoms with E-state index in [0.29, 0.717) is 33.8 Å². The lowest BCUT2D eigenvalue weighted by Crippen LogP contribution is -2.46. The average Bonchev–Trinajstić information content (AvgIpc) is 2.90. The second-order valence-electron chi connectivity index (χ2n) is 8.78. The first kappa shape index (κ1) is 27.6. The molecule has 1 aliphatic heterocycles. The van der Waals surface area contributed by atoms with Gasteiger partial charge in [-0.15, -0.1) is 0 Å². The van der Waals surface area contributed by atoms with E-state index in [1.165, 1.54) is 20.3 Å². The van der Waals surface area contributed by atoms with Crippen molar-refractivity contribution in [2.75, 3.05) is 19.1 Å². The number of ether oxygens (including phenoxy) is 2. The Morgan fingerprint density at radius 3 is 2.32 bits per heavy atom. The van der Waals surface area contributed by atoms with Crippen LogP contribution in [0.4, 0.5) is 23.7 Å². The van der Waals surface area contributed by atoms with Gasteiger partial charge in [-0.1, -0.05) is 6.92 Å². The van der Waals surface area contributed by atoms with Gasteiger partial charge >= 0.3 is 12.3 Å². The molecule has 4 rings (SSSR count). The van der Waals surface area contributed by atoms with Crippen molar-refractivity contribution in [3.8, 4) is 11.5 Å². The molecule has 1 amide bonds. The molecule has 1 unspecified atom stereocenters. The van der Waals surface area contributed by atoms with Crippen LogP contribution in [0.3, 0.4) is 0 Å². The Bertz CT molecular complexity index is 1280. The minimum absolute atomic E-state index is 0.208. The highest BCUT2D eigenvalue weighted by Crippen LogP contribution is 2.43. The Kier molecular flexibility index (Phi) is 8.12. The maximum absolute atomic E-state index is 13.7.